The van der Waals surface area contributed by atoms with E-state index < -0.39 is 0 Å². The molecule has 2 aliphatic heterocycles. The second-order valence-electron chi connectivity index (χ2n) is 7.18. The van der Waals surface area contributed by atoms with Crippen molar-refractivity contribution in [2.75, 3.05) is 26.2 Å². The third-order valence-corrected chi connectivity index (χ3v) is 5.22. The molecule has 1 aromatic rings. The first-order chi connectivity index (χ1) is 11.5. The highest BCUT2D eigenvalue weighted by Gasteiger charge is 2.34. The molecule has 3 heterocycles. The second-order valence-corrected chi connectivity index (χ2v) is 7.18. The van der Waals surface area contributed by atoms with Gasteiger partial charge in [-0.1, -0.05) is 6.92 Å². The smallest absolute Gasteiger partial charge is 0.287 e. The number of rotatable bonds is 3. The number of nitrogens with one attached hydrogen (secondary N) is 2. The number of hydrogen-bond donors (Lipinski definition) is 2. The van der Waals surface area contributed by atoms with Crippen molar-refractivity contribution in [2.45, 2.75) is 39.7 Å². The first-order valence-corrected chi connectivity index (χ1v) is 8.83. The third-order valence-electron chi connectivity index (χ3n) is 5.22. The summed E-state index contributed by atoms with van der Waals surface area (Å²) in [6.07, 6.45) is 1.59. The van der Waals surface area contributed by atoms with Crippen LogP contribution >= 0.6 is 0 Å². The van der Waals surface area contributed by atoms with Gasteiger partial charge >= 0.3 is 0 Å². The van der Waals surface area contributed by atoms with E-state index >= 15 is 0 Å². The zero-order chi connectivity index (χ0) is 17.3. The summed E-state index contributed by atoms with van der Waals surface area (Å²) in [7, 11) is 0. The van der Waals surface area contributed by atoms with Crippen molar-refractivity contribution in [3.63, 3.8) is 0 Å². The van der Waals surface area contributed by atoms with E-state index in [-0.39, 0.29) is 23.8 Å². The Morgan fingerprint density at radius 2 is 1.96 bits per heavy atom. The highest BCUT2D eigenvalue weighted by molar-refractivity contribution is 5.93. The monoisotopic (exact) mass is 333 g/mol. The Labute approximate surface area is 143 Å². The molecular formula is C18H27N3O3. The maximum atomic E-state index is 12.6. The quantitative estimate of drug-likeness (QED) is 0.878. The third kappa shape index (κ3) is 3.48. The zero-order valence-corrected chi connectivity index (χ0v) is 14.7. The van der Waals surface area contributed by atoms with E-state index in [1.807, 2.05) is 24.8 Å². The lowest BCUT2D eigenvalue weighted by Gasteiger charge is -2.34. The lowest BCUT2D eigenvalue weighted by Crippen LogP contribution is -2.48. The average molecular weight is 333 g/mol. The number of hydrogen-bond acceptors (Lipinski definition) is 4. The van der Waals surface area contributed by atoms with Crippen molar-refractivity contribution in [3.05, 3.63) is 23.2 Å². The Hall–Kier alpha value is -1.82. The molecule has 1 aromatic heterocycles. The van der Waals surface area contributed by atoms with Gasteiger partial charge in [-0.2, -0.15) is 0 Å². The van der Waals surface area contributed by atoms with E-state index in [4.69, 9.17) is 4.42 Å². The zero-order valence-electron chi connectivity index (χ0n) is 14.7. The number of carbonyl (C=O) groups is 2. The Morgan fingerprint density at radius 3 is 2.50 bits per heavy atom. The summed E-state index contributed by atoms with van der Waals surface area (Å²) in [5.74, 6) is 1.76. The number of likely N-dealkylation sites (tertiary alicyclic amines) is 1. The predicted molar refractivity (Wildman–Crippen MR) is 90.8 cm³/mol. The molecule has 3 rings (SSSR count). The van der Waals surface area contributed by atoms with Crippen LogP contribution in [-0.2, 0) is 4.79 Å². The molecule has 0 unspecified atom stereocenters. The number of carbonyl (C=O) groups excluding carboxylic acids is 2. The molecule has 6 nitrogen and oxygen atoms in total. The molecule has 2 atom stereocenters. The Bertz CT molecular complexity index is 617. The minimum atomic E-state index is -0.154. The van der Waals surface area contributed by atoms with Gasteiger partial charge in [0.15, 0.2) is 5.76 Å². The van der Waals surface area contributed by atoms with Crippen LogP contribution in [0.15, 0.2) is 10.5 Å². The lowest BCUT2D eigenvalue weighted by molar-refractivity contribution is -0.137. The molecular weight excluding hydrogens is 306 g/mol. The van der Waals surface area contributed by atoms with Crippen LogP contribution in [0.5, 0.6) is 0 Å². The van der Waals surface area contributed by atoms with Gasteiger partial charge in [-0.05, 0) is 45.2 Å². The van der Waals surface area contributed by atoms with Crippen LogP contribution in [0.2, 0.25) is 0 Å². The fraction of sp³-hybridized carbons (Fsp3) is 0.667. The molecule has 2 amide bonds. The number of piperidine rings is 1. The maximum Gasteiger partial charge on any atom is 0.287 e. The van der Waals surface area contributed by atoms with Gasteiger partial charge < -0.3 is 20.0 Å². The molecule has 132 valence electrons. The van der Waals surface area contributed by atoms with Gasteiger partial charge in [-0.3, -0.25) is 9.59 Å². The van der Waals surface area contributed by atoms with Crippen molar-refractivity contribution in [1.82, 2.24) is 15.5 Å². The highest BCUT2D eigenvalue weighted by Crippen LogP contribution is 2.22. The van der Waals surface area contributed by atoms with Gasteiger partial charge in [0.1, 0.15) is 5.76 Å². The topological polar surface area (TPSA) is 74.6 Å². The van der Waals surface area contributed by atoms with E-state index in [9.17, 15) is 9.59 Å². The van der Waals surface area contributed by atoms with E-state index in [1.165, 1.54) is 0 Å². The molecule has 24 heavy (non-hydrogen) atoms. The second kappa shape index (κ2) is 6.97. The van der Waals surface area contributed by atoms with E-state index in [1.54, 1.807) is 0 Å². The summed E-state index contributed by atoms with van der Waals surface area (Å²) in [5.41, 5.74) is 0.861. The van der Waals surface area contributed by atoms with Crippen LogP contribution in [0.4, 0.5) is 0 Å². The molecule has 6 heteroatoms. The molecule has 0 saturated carbocycles. The molecule has 2 fully saturated rings. The molecule has 0 spiro atoms. The number of nitrogens with zero attached hydrogens (tertiary/aromatic N) is 1. The fourth-order valence-corrected chi connectivity index (χ4v) is 3.74. The lowest BCUT2D eigenvalue weighted by atomic mass is 9.95. The van der Waals surface area contributed by atoms with E-state index in [0.717, 1.165) is 37.3 Å². The van der Waals surface area contributed by atoms with Gasteiger partial charge in [-0.25, -0.2) is 0 Å². The Kier molecular flexibility index (Phi) is 4.94. The summed E-state index contributed by atoms with van der Waals surface area (Å²) in [6.45, 7) is 8.98. The van der Waals surface area contributed by atoms with Crippen molar-refractivity contribution < 1.29 is 14.0 Å². The van der Waals surface area contributed by atoms with Crippen LogP contribution in [0.1, 0.15) is 41.6 Å². The standard InChI is InChI=1S/C18H27N3O3/c1-11-8-13(3)24-16(11)17(22)20-14-4-6-21(7-5-14)18(23)15-10-19-9-12(15)2/h8,12,14-15,19H,4-7,9-10H2,1-3H3,(H,20,22)/t12-,15-/m1/s1. The Balaban J connectivity index is 1.51. The normalized spacial score (nSPS) is 25.0. The number of furan rings is 1. The average Bonchev–Trinajstić information content (AvgIpc) is 3.12. The van der Waals surface area contributed by atoms with Crippen LogP contribution in [0.25, 0.3) is 0 Å². The van der Waals surface area contributed by atoms with Gasteiger partial charge in [0.05, 0.1) is 5.92 Å². The van der Waals surface area contributed by atoms with Crippen molar-refractivity contribution >= 4 is 11.8 Å². The van der Waals surface area contributed by atoms with E-state index in [2.05, 4.69) is 17.6 Å². The van der Waals surface area contributed by atoms with Crippen LogP contribution in [0.3, 0.4) is 0 Å². The van der Waals surface area contributed by atoms with E-state index in [0.29, 0.717) is 24.8 Å². The molecule has 0 aromatic carbocycles. The summed E-state index contributed by atoms with van der Waals surface area (Å²) < 4.78 is 5.47. The van der Waals surface area contributed by atoms with Crippen molar-refractivity contribution in [2.24, 2.45) is 11.8 Å². The highest BCUT2D eigenvalue weighted by atomic mass is 16.3. The maximum absolute atomic E-state index is 12.6. The molecule has 2 N–H and O–H groups in total. The van der Waals surface area contributed by atoms with Gasteiger partial charge in [0.2, 0.25) is 5.91 Å². The van der Waals surface area contributed by atoms with Gasteiger partial charge in [-0.15, -0.1) is 0 Å². The largest absolute Gasteiger partial charge is 0.456 e. The first kappa shape index (κ1) is 17.0. The number of amides is 2. The minimum Gasteiger partial charge on any atom is -0.456 e. The molecule has 2 saturated heterocycles. The van der Waals surface area contributed by atoms with Crippen molar-refractivity contribution in [3.8, 4) is 0 Å². The van der Waals surface area contributed by atoms with Crippen LogP contribution in [0, 0.1) is 25.7 Å². The summed E-state index contributed by atoms with van der Waals surface area (Å²) >= 11 is 0. The van der Waals surface area contributed by atoms with Crippen LogP contribution < -0.4 is 10.6 Å². The summed E-state index contributed by atoms with van der Waals surface area (Å²) in [5, 5.41) is 6.33. The minimum absolute atomic E-state index is 0.102. The van der Waals surface area contributed by atoms with Gasteiger partial charge in [0, 0.05) is 31.2 Å². The molecule has 0 aliphatic carbocycles. The molecule has 0 radical (unpaired) electrons. The summed E-state index contributed by atoms with van der Waals surface area (Å²) in [4.78, 5) is 26.9. The molecule has 0 bridgehead atoms. The first-order valence-electron chi connectivity index (χ1n) is 8.83. The molecule has 2 aliphatic rings. The van der Waals surface area contributed by atoms with Crippen LogP contribution in [-0.4, -0.2) is 48.9 Å². The predicted octanol–water partition coefficient (Wildman–Crippen LogP) is 1.47. The Morgan fingerprint density at radius 1 is 1.25 bits per heavy atom. The number of aryl methyl sites for hydroxylation is 2. The fourth-order valence-electron chi connectivity index (χ4n) is 3.74. The van der Waals surface area contributed by atoms with Crippen molar-refractivity contribution in [1.29, 1.82) is 0 Å². The van der Waals surface area contributed by atoms with Gasteiger partial charge in [0.25, 0.3) is 5.91 Å². The SMILES string of the molecule is Cc1cc(C)c(C(=O)NC2CCN(C(=O)[C@@H]3CNC[C@H]3C)CC2)o1. The summed E-state index contributed by atoms with van der Waals surface area (Å²) in [6, 6.07) is 1.97.